The Morgan fingerprint density at radius 1 is 1.06 bits per heavy atom. The number of aliphatic imine (C=N–C) groups is 1. The molecule has 3 saturated heterocycles. The van der Waals surface area contributed by atoms with Crippen LogP contribution in [0.25, 0.3) is 10.2 Å². The summed E-state index contributed by atoms with van der Waals surface area (Å²) in [5.74, 6) is -0.0157. The summed E-state index contributed by atoms with van der Waals surface area (Å²) in [6.07, 6.45) is 0.516. The molecule has 62 heavy (non-hydrogen) atoms. The lowest BCUT2D eigenvalue weighted by Gasteiger charge is -2.50. The molecule has 3 unspecified atom stereocenters. The molecule has 5 aromatic rings. The lowest BCUT2D eigenvalue weighted by Crippen LogP contribution is -2.66. The first-order valence-corrected chi connectivity index (χ1v) is 22.1. The van der Waals surface area contributed by atoms with Gasteiger partial charge in [0.1, 0.15) is 25.4 Å². The molecule has 16 heteroatoms. The van der Waals surface area contributed by atoms with Gasteiger partial charge in [-0.3, -0.25) is 9.69 Å². The number of nitrogens with zero attached hydrogens (tertiary/aromatic N) is 7. The maximum Gasteiger partial charge on any atom is 0.434 e. The summed E-state index contributed by atoms with van der Waals surface area (Å²) in [6, 6.07) is 31.0. The van der Waals surface area contributed by atoms with Gasteiger partial charge in [-0.1, -0.05) is 107 Å². The van der Waals surface area contributed by atoms with E-state index in [9.17, 15) is 14.9 Å². The fourth-order valence-electron chi connectivity index (χ4n) is 8.57. The quantitative estimate of drug-likeness (QED) is 0.0595. The number of anilines is 1. The first-order valence-electron chi connectivity index (χ1n) is 20.6. The average molecular weight is 893 g/mol. The van der Waals surface area contributed by atoms with Crippen molar-refractivity contribution in [1.82, 2.24) is 24.8 Å². The SMILES string of the molecule is CC(=NC(=O)OCc1ccccc1)c1ccc(C[C@H]2C(C)N(Cc3cccc4sc(N)nc34)C[C@H]3N2C(=O)CN3N(CC#N)C2OC2CCC(=N)Cc2ccc(Cl)c(Cl)c2)cc1. The molecule has 3 aliphatic rings. The molecule has 8 rings (SSSR count). The molecule has 0 saturated carbocycles. The highest BCUT2D eigenvalue weighted by atomic mass is 35.5. The van der Waals surface area contributed by atoms with Crippen molar-refractivity contribution in [2.75, 3.05) is 25.4 Å². The smallest absolute Gasteiger partial charge is 0.434 e. The Morgan fingerprint density at radius 3 is 2.60 bits per heavy atom. The fourth-order valence-corrected chi connectivity index (χ4v) is 9.67. The van der Waals surface area contributed by atoms with Crippen LogP contribution in [0.4, 0.5) is 9.93 Å². The molecule has 3 N–H and O–H groups in total. The molecule has 4 aromatic carbocycles. The van der Waals surface area contributed by atoms with Crippen molar-refractivity contribution in [1.29, 1.82) is 10.7 Å². The predicted octanol–water partition coefficient (Wildman–Crippen LogP) is 8.12. The number of hydrogen-bond acceptors (Lipinski definition) is 12. The zero-order valence-electron chi connectivity index (χ0n) is 34.4. The highest BCUT2D eigenvalue weighted by Gasteiger charge is 2.55. The molecule has 3 fully saturated rings. The number of nitrogens with two attached hydrogens (primary N) is 1. The first-order chi connectivity index (χ1) is 29.9. The summed E-state index contributed by atoms with van der Waals surface area (Å²) in [5, 5.41) is 24.1. The van der Waals surface area contributed by atoms with Crippen LogP contribution >= 0.6 is 34.5 Å². The number of hydrogen-bond donors (Lipinski definition) is 2. The number of carbonyl (C=O) groups excluding carboxylic acids is 2. The third-order valence-corrected chi connectivity index (χ3v) is 13.4. The van der Waals surface area contributed by atoms with E-state index in [0.29, 0.717) is 65.4 Å². The molecule has 320 valence electrons. The van der Waals surface area contributed by atoms with Gasteiger partial charge in [0.2, 0.25) is 5.91 Å². The van der Waals surface area contributed by atoms with Crippen LogP contribution in [0.3, 0.4) is 0 Å². The van der Waals surface area contributed by atoms with E-state index in [1.807, 2.05) is 87.7 Å². The van der Waals surface area contributed by atoms with Gasteiger partial charge in [0.15, 0.2) is 11.4 Å². The van der Waals surface area contributed by atoms with Crippen LogP contribution in [0.2, 0.25) is 10.0 Å². The number of fused-ring (bicyclic) bond motifs is 2. The van der Waals surface area contributed by atoms with E-state index >= 15 is 0 Å². The Labute approximate surface area is 374 Å². The minimum Gasteiger partial charge on any atom is -0.443 e. The number of piperazine rings is 1. The third kappa shape index (κ3) is 9.85. The van der Waals surface area contributed by atoms with E-state index in [2.05, 4.69) is 33.9 Å². The van der Waals surface area contributed by atoms with Gasteiger partial charge in [-0.05, 0) is 79.1 Å². The van der Waals surface area contributed by atoms with Crippen molar-refractivity contribution in [3.63, 3.8) is 0 Å². The van der Waals surface area contributed by atoms with E-state index in [1.54, 1.807) is 19.1 Å². The van der Waals surface area contributed by atoms with E-state index in [4.69, 9.17) is 43.8 Å². The van der Waals surface area contributed by atoms with Crippen LogP contribution in [-0.4, -0.2) is 98.4 Å². The second-order valence-corrected chi connectivity index (χ2v) is 17.8. The highest BCUT2D eigenvalue weighted by Crippen LogP contribution is 2.38. The maximum atomic E-state index is 14.3. The molecule has 3 aliphatic heterocycles. The number of hydrazine groups is 1. The minimum absolute atomic E-state index is 0.0157. The molecule has 0 aliphatic carbocycles. The van der Waals surface area contributed by atoms with Crippen LogP contribution in [0.1, 0.15) is 54.5 Å². The largest absolute Gasteiger partial charge is 0.443 e. The van der Waals surface area contributed by atoms with E-state index < -0.39 is 12.3 Å². The molecule has 2 amide bonds. The summed E-state index contributed by atoms with van der Waals surface area (Å²) in [6.45, 7) is 5.35. The summed E-state index contributed by atoms with van der Waals surface area (Å²) in [7, 11) is 0. The number of benzene rings is 4. The number of thiazole rings is 1. The third-order valence-electron chi connectivity index (χ3n) is 11.9. The lowest BCUT2D eigenvalue weighted by atomic mass is 9.93. The highest BCUT2D eigenvalue weighted by molar-refractivity contribution is 7.22. The predicted molar refractivity (Wildman–Crippen MR) is 242 cm³/mol. The van der Waals surface area contributed by atoms with Crippen LogP contribution in [0.5, 0.6) is 0 Å². The second-order valence-electron chi connectivity index (χ2n) is 16.0. The minimum atomic E-state index is -0.654. The van der Waals surface area contributed by atoms with Crippen LogP contribution < -0.4 is 5.73 Å². The molecule has 5 atom stereocenters. The van der Waals surface area contributed by atoms with Gasteiger partial charge in [0, 0.05) is 31.3 Å². The summed E-state index contributed by atoms with van der Waals surface area (Å²) in [5.41, 5.74) is 12.8. The van der Waals surface area contributed by atoms with E-state index in [-0.39, 0.29) is 50.0 Å². The number of aromatic nitrogens is 1. The molecule has 0 bridgehead atoms. The van der Waals surface area contributed by atoms with Gasteiger partial charge < -0.3 is 25.5 Å². The Balaban J connectivity index is 0.995. The monoisotopic (exact) mass is 891 g/mol. The summed E-state index contributed by atoms with van der Waals surface area (Å²) in [4.78, 5) is 40.0. The Morgan fingerprint density at radius 2 is 1.84 bits per heavy atom. The number of carbonyl (C=O) groups is 2. The van der Waals surface area contributed by atoms with Crippen LogP contribution in [0.15, 0.2) is 96.0 Å². The van der Waals surface area contributed by atoms with Gasteiger partial charge in [0.25, 0.3) is 0 Å². The van der Waals surface area contributed by atoms with Crippen molar-refractivity contribution >= 4 is 73.3 Å². The fraction of sp³-hybridized carbons (Fsp3) is 0.348. The maximum absolute atomic E-state index is 14.3. The number of epoxide rings is 1. The van der Waals surface area contributed by atoms with Gasteiger partial charge in [0.05, 0.1) is 44.6 Å². The summed E-state index contributed by atoms with van der Waals surface area (Å²) >= 11 is 13.8. The molecular weight excluding hydrogens is 846 g/mol. The van der Waals surface area contributed by atoms with Crippen molar-refractivity contribution in [3.8, 4) is 6.07 Å². The molecule has 0 spiro atoms. The first kappa shape index (κ1) is 43.4. The second kappa shape index (κ2) is 19.0. The van der Waals surface area contributed by atoms with Gasteiger partial charge in [-0.15, -0.1) is 0 Å². The standard InChI is InChI=1S/C46H47Cl2N9O4S/c1-28(52-46(59)60-27-31-7-4-3-5-8-31)33-14-11-30(12-15-33)23-38-29(2)54(24-34-9-6-10-40-43(34)53-45(51)62-40)25-41-56(26-42(58)57(38)41)55(20-19-49)44-39(61-44)18-16-35(50)21-32-13-17-36(47)37(48)22-32/h3-15,17,22,29,38-39,41,44,50H,16,18,20-21,23-27H2,1-2H3,(H2,51,53)/t29?,38-,39?,41+,44?/m0/s1. The Bertz CT molecular complexity index is 2530. The van der Waals surface area contributed by atoms with Gasteiger partial charge in [-0.2, -0.15) is 15.3 Å². The zero-order chi connectivity index (χ0) is 43.5. The van der Waals surface area contributed by atoms with Gasteiger partial charge >= 0.3 is 6.09 Å². The number of amides is 2. The number of rotatable bonds is 15. The zero-order valence-corrected chi connectivity index (χ0v) is 36.7. The van der Waals surface area contributed by atoms with Gasteiger partial charge in [-0.25, -0.2) is 14.8 Å². The van der Waals surface area contributed by atoms with Crippen LogP contribution in [-0.2, 0) is 40.3 Å². The number of nitrogens with one attached hydrogen (secondary N) is 1. The van der Waals surface area contributed by atoms with Crippen molar-refractivity contribution in [3.05, 3.63) is 129 Å². The van der Waals surface area contributed by atoms with E-state index in [0.717, 1.165) is 38.0 Å². The van der Waals surface area contributed by atoms with Crippen LogP contribution in [0, 0.1) is 16.7 Å². The number of para-hydroxylation sites is 1. The normalized spacial score (nSPS) is 21.6. The number of halogens is 2. The van der Waals surface area contributed by atoms with Crippen molar-refractivity contribution in [2.24, 2.45) is 4.99 Å². The molecule has 1 aromatic heterocycles. The lowest BCUT2D eigenvalue weighted by molar-refractivity contribution is -0.143. The number of nitriles is 1. The molecule has 0 radical (unpaired) electrons. The molecule has 13 nitrogen and oxygen atoms in total. The Hall–Kier alpha value is -5.24. The summed E-state index contributed by atoms with van der Waals surface area (Å²) < 4.78 is 12.6. The van der Waals surface area contributed by atoms with E-state index in [1.165, 1.54) is 11.3 Å². The molecule has 4 heterocycles. The topological polar surface area (TPSA) is 168 Å². The average Bonchev–Trinajstić information content (AvgIpc) is 3.81. The number of nitrogen functional groups attached to an aromatic ring is 1. The number of ether oxygens (including phenoxy) is 2. The molecular formula is C46H47Cl2N9O4S. The van der Waals surface area contributed by atoms with Crippen molar-refractivity contribution in [2.45, 2.75) is 83.3 Å². The van der Waals surface area contributed by atoms with Crippen molar-refractivity contribution < 1.29 is 19.1 Å². The Kier molecular flexibility index (Phi) is 13.3.